The molecule has 3 aromatic rings. The second kappa shape index (κ2) is 7.38. The number of nitrogens with one attached hydrogen (secondary N) is 1. The molecule has 0 atom stereocenters. The first-order valence-corrected chi connectivity index (χ1v) is 8.99. The molecule has 0 aliphatic carbocycles. The first kappa shape index (κ1) is 19.2. The van der Waals surface area contributed by atoms with Crippen LogP contribution in [0.25, 0.3) is 16.9 Å². The molecule has 0 radical (unpaired) electrons. The zero-order chi connectivity index (χ0) is 20.6. The number of halogens is 5. The number of fused-ring (bicyclic) bond motifs is 1. The normalized spacial score (nSPS) is 14.1. The smallest absolute Gasteiger partial charge is 0.406 e. The van der Waals surface area contributed by atoms with Gasteiger partial charge in [-0.05, 0) is 55.7 Å². The summed E-state index contributed by atoms with van der Waals surface area (Å²) < 4.78 is 70.3. The van der Waals surface area contributed by atoms with Gasteiger partial charge in [-0.1, -0.05) is 0 Å². The molecule has 4 rings (SSSR count). The van der Waals surface area contributed by atoms with Gasteiger partial charge in [0.1, 0.15) is 28.9 Å². The molecule has 0 saturated heterocycles. The van der Waals surface area contributed by atoms with Crippen LogP contribution in [0.4, 0.5) is 27.8 Å². The van der Waals surface area contributed by atoms with Crippen LogP contribution in [0, 0.1) is 11.6 Å². The van der Waals surface area contributed by atoms with Gasteiger partial charge in [-0.3, -0.25) is 0 Å². The second-order valence-electron chi connectivity index (χ2n) is 6.64. The third-order valence-electron chi connectivity index (χ3n) is 4.63. The first-order valence-electron chi connectivity index (χ1n) is 8.99. The van der Waals surface area contributed by atoms with Gasteiger partial charge in [-0.15, -0.1) is 13.2 Å². The molecule has 2 aromatic carbocycles. The van der Waals surface area contributed by atoms with E-state index in [1.807, 2.05) is 0 Å². The maximum atomic E-state index is 14.4. The molecule has 4 nitrogen and oxygen atoms in total. The lowest BCUT2D eigenvalue weighted by molar-refractivity contribution is -0.274. The minimum Gasteiger partial charge on any atom is -0.406 e. The van der Waals surface area contributed by atoms with Crippen LogP contribution in [0.5, 0.6) is 5.75 Å². The van der Waals surface area contributed by atoms with Crippen LogP contribution in [0.3, 0.4) is 0 Å². The highest BCUT2D eigenvalue weighted by Gasteiger charge is 2.31. The molecule has 0 bridgehead atoms. The molecule has 152 valence electrons. The second-order valence-corrected chi connectivity index (χ2v) is 6.64. The van der Waals surface area contributed by atoms with Crippen LogP contribution in [0.2, 0.25) is 0 Å². The highest BCUT2D eigenvalue weighted by molar-refractivity contribution is 5.71. The van der Waals surface area contributed by atoms with Gasteiger partial charge in [0.05, 0.1) is 5.69 Å². The molecule has 0 saturated carbocycles. The van der Waals surface area contributed by atoms with Crippen LogP contribution >= 0.6 is 0 Å². The molecular formula is C20H16F5N3O. The minimum atomic E-state index is -4.78. The lowest BCUT2D eigenvalue weighted by atomic mass is 10.0. The molecule has 1 N–H and O–H groups in total. The standard InChI is InChI=1S/C20H16F5N3O/c21-12-4-9-15(17(22)11-12)18-16-3-1-2-10-26-19(16)28(27-18)13-5-7-14(8-6-13)29-20(23,24)25/h4-9,11,26H,1-3,10H2. The predicted octanol–water partition coefficient (Wildman–Crippen LogP) is 5.46. The van der Waals surface area contributed by atoms with Gasteiger partial charge in [0.2, 0.25) is 0 Å². The maximum Gasteiger partial charge on any atom is 0.573 e. The van der Waals surface area contributed by atoms with Gasteiger partial charge in [0, 0.05) is 23.7 Å². The van der Waals surface area contributed by atoms with E-state index in [-0.39, 0.29) is 11.3 Å². The third-order valence-corrected chi connectivity index (χ3v) is 4.63. The zero-order valence-electron chi connectivity index (χ0n) is 15.1. The van der Waals surface area contributed by atoms with Gasteiger partial charge in [0.15, 0.2) is 0 Å². The molecule has 2 heterocycles. The average Bonchev–Trinajstić information content (AvgIpc) is 2.83. The number of anilines is 1. The number of hydrogen-bond donors (Lipinski definition) is 1. The van der Waals surface area contributed by atoms with Crippen LogP contribution in [-0.2, 0) is 6.42 Å². The fourth-order valence-corrected chi connectivity index (χ4v) is 3.38. The summed E-state index contributed by atoms with van der Waals surface area (Å²) in [6, 6.07) is 8.54. The molecular weight excluding hydrogens is 393 g/mol. The van der Waals surface area contributed by atoms with E-state index in [1.165, 1.54) is 35.0 Å². The Kier molecular flexibility index (Phi) is 4.89. The number of benzene rings is 2. The van der Waals surface area contributed by atoms with Crippen LogP contribution in [-0.4, -0.2) is 22.7 Å². The van der Waals surface area contributed by atoms with E-state index < -0.39 is 18.0 Å². The van der Waals surface area contributed by atoms with Crippen molar-refractivity contribution in [2.24, 2.45) is 0 Å². The highest BCUT2D eigenvalue weighted by atomic mass is 19.4. The number of nitrogens with zero attached hydrogens (tertiary/aromatic N) is 2. The number of hydrogen-bond acceptors (Lipinski definition) is 3. The third kappa shape index (κ3) is 4.03. The topological polar surface area (TPSA) is 39.1 Å². The molecule has 1 aliphatic heterocycles. The average molecular weight is 409 g/mol. The Hall–Kier alpha value is -3.10. The molecule has 0 unspecified atom stereocenters. The Balaban J connectivity index is 1.79. The van der Waals surface area contributed by atoms with Crippen molar-refractivity contribution in [1.82, 2.24) is 9.78 Å². The van der Waals surface area contributed by atoms with Gasteiger partial charge < -0.3 is 10.1 Å². The summed E-state index contributed by atoms with van der Waals surface area (Å²) >= 11 is 0. The van der Waals surface area contributed by atoms with Gasteiger partial charge in [0.25, 0.3) is 0 Å². The van der Waals surface area contributed by atoms with Crippen molar-refractivity contribution in [2.75, 3.05) is 11.9 Å². The summed E-state index contributed by atoms with van der Waals surface area (Å²) in [6.45, 7) is 0.680. The largest absolute Gasteiger partial charge is 0.573 e. The van der Waals surface area contributed by atoms with Crippen LogP contribution in [0.15, 0.2) is 42.5 Å². The van der Waals surface area contributed by atoms with E-state index in [1.54, 1.807) is 0 Å². The molecule has 9 heteroatoms. The Labute approximate surface area is 162 Å². The van der Waals surface area contributed by atoms with Crippen molar-refractivity contribution in [1.29, 1.82) is 0 Å². The molecule has 0 spiro atoms. The Morgan fingerprint density at radius 2 is 1.76 bits per heavy atom. The lowest BCUT2D eigenvalue weighted by Crippen LogP contribution is -2.17. The zero-order valence-corrected chi connectivity index (χ0v) is 15.1. The van der Waals surface area contributed by atoms with Gasteiger partial charge >= 0.3 is 6.36 Å². The monoisotopic (exact) mass is 409 g/mol. The molecule has 0 fully saturated rings. The summed E-state index contributed by atoms with van der Waals surface area (Å²) in [6.07, 6.45) is -2.37. The highest BCUT2D eigenvalue weighted by Crippen LogP contribution is 2.35. The molecule has 1 aromatic heterocycles. The Bertz CT molecular complexity index is 1030. The Morgan fingerprint density at radius 1 is 1.00 bits per heavy atom. The number of ether oxygens (including phenoxy) is 1. The summed E-state index contributed by atoms with van der Waals surface area (Å²) in [5, 5.41) is 7.76. The first-order chi connectivity index (χ1) is 13.8. The lowest BCUT2D eigenvalue weighted by Gasteiger charge is -2.11. The molecule has 29 heavy (non-hydrogen) atoms. The van der Waals surface area contributed by atoms with Crippen molar-refractivity contribution >= 4 is 5.82 Å². The van der Waals surface area contributed by atoms with Crippen LogP contribution < -0.4 is 10.1 Å². The van der Waals surface area contributed by atoms with Crippen molar-refractivity contribution in [2.45, 2.75) is 25.6 Å². The van der Waals surface area contributed by atoms with E-state index in [9.17, 15) is 22.0 Å². The Morgan fingerprint density at radius 3 is 2.45 bits per heavy atom. The quantitative estimate of drug-likeness (QED) is 0.584. The van der Waals surface area contributed by atoms with Gasteiger partial charge in [-0.2, -0.15) is 5.10 Å². The predicted molar refractivity (Wildman–Crippen MR) is 97.0 cm³/mol. The van der Waals surface area contributed by atoms with E-state index in [2.05, 4.69) is 15.2 Å². The van der Waals surface area contributed by atoms with Crippen molar-refractivity contribution < 1.29 is 26.7 Å². The van der Waals surface area contributed by atoms with Crippen molar-refractivity contribution in [3.63, 3.8) is 0 Å². The van der Waals surface area contributed by atoms with Crippen molar-refractivity contribution in [3.8, 4) is 22.7 Å². The van der Waals surface area contributed by atoms with E-state index in [0.29, 0.717) is 30.2 Å². The number of alkyl halides is 3. The summed E-state index contributed by atoms with van der Waals surface area (Å²) in [7, 11) is 0. The van der Waals surface area contributed by atoms with E-state index >= 15 is 0 Å². The molecule has 0 amide bonds. The summed E-state index contributed by atoms with van der Waals surface area (Å²) in [4.78, 5) is 0. The number of aromatic nitrogens is 2. The maximum absolute atomic E-state index is 14.4. The fourth-order valence-electron chi connectivity index (χ4n) is 3.38. The molecule has 1 aliphatic rings. The van der Waals surface area contributed by atoms with Gasteiger partial charge in [-0.25, -0.2) is 13.5 Å². The van der Waals surface area contributed by atoms with E-state index in [4.69, 9.17) is 0 Å². The van der Waals surface area contributed by atoms with Crippen molar-refractivity contribution in [3.05, 3.63) is 59.7 Å². The van der Waals surface area contributed by atoms with Crippen LogP contribution in [0.1, 0.15) is 18.4 Å². The summed E-state index contributed by atoms with van der Waals surface area (Å²) in [5.74, 6) is -1.12. The fraction of sp³-hybridized carbons (Fsp3) is 0.250. The van der Waals surface area contributed by atoms with E-state index in [0.717, 1.165) is 30.5 Å². The summed E-state index contributed by atoms with van der Waals surface area (Å²) in [5.41, 5.74) is 1.81. The SMILES string of the molecule is Fc1ccc(-c2nn(-c3ccc(OC(F)(F)F)cc3)c3c2CCCCN3)c(F)c1. The minimum absolute atomic E-state index is 0.169. The number of rotatable bonds is 3.